The van der Waals surface area contributed by atoms with Crippen molar-refractivity contribution < 1.29 is 14.3 Å². The molecule has 0 amide bonds. The number of aromatic nitrogens is 2. The second-order valence-corrected chi connectivity index (χ2v) is 3.52. The van der Waals surface area contributed by atoms with Crippen LogP contribution in [0.5, 0.6) is 0 Å². The van der Waals surface area contributed by atoms with E-state index in [1.807, 2.05) is 0 Å². The molecule has 0 aliphatic heterocycles. The van der Waals surface area contributed by atoms with Gasteiger partial charge in [0.1, 0.15) is 0 Å². The first-order valence-corrected chi connectivity index (χ1v) is 4.90. The summed E-state index contributed by atoms with van der Waals surface area (Å²) in [5, 5.41) is 8.79. The van der Waals surface area contributed by atoms with Crippen molar-refractivity contribution in [2.75, 3.05) is 0 Å². The molecule has 17 heavy (non-hydrogen) atoms. The van der Waals surface area contributed by atoms with Crippen molar-refractivity contribution in [3.8, 4) is 11.1 Å². The molecule has 0 atom stereocenters. The molecule has 86 valence electrons. The molecule has 2 aromatic heterocycles. The van der Waals surface area contributed by atoms with Gasteiger partial charge in [-0.3, -0.25) is 4.98 Å². The van der Waals surface area contributed by atoms with Crippen LogP contribution in [-0.2, 0) is 0 Å². The standard InChI is InChI=1S/C12H9FN2O2/c1-7-2-4-14-6-9(7)8-3-5-15-11(10(8)13)12(16)17/h2-6H,1H3,(H,16,17). The summed E-state index contributed by atoms with van der Waals surface area (Å²) in [6.45, 7) is 1.80. The lowest BCUT2D eigenvalue weighted by Gasteiger charge is -2.07. The van der Waals surface area contributed by atoms with Gasteiger partial charge in [0.25, 0.3) is 0 Å². The van der Waals surface area contributed by atoms with E-state index in [1.165, 1.54) is 18.5 Å². The molecule has 0 fully saturated rings. The molecule has 0 unspecified atom stereocenters. The van der Waals surface area contributed by atoms with Crippen molar-refractivity contribution >= 4 is 5.97 Å². The van der Waals surface area contributed by atoms with Crippen LogP contribution in [0.3, 0.4) is 0 Å². The van der Waals surface area contributed by atoms with Gasteiger partial charge in [-0.1, -0.05) is 0 Å². The highest BCUT2D eigenvalue weighted by atomic mass is 19.1. The Morgan fingerprint density at radius 2 is 2.06 bits per heavy atom. The summed E-state index contributed by atoms with van der Waals surface area (Å²) in [7, 11) is 0. The molecule has 2 rings (SSSR count). The largest absolute Gasteiger partial charge is 0.476 e. The van der Waals surface area contributed by atoms with Gasteiger partial charge in [0.2, 0.25) is 0 Å². The number of hydrogen-bond acceptors (Lipinski definition) is 3. The number of aromatic carboxylic acids is 1. The van der Waals surface area contributed by atoms with Gasteiger partial charge in [-0.2, -0.15) is 0 Å². The van der Waals surface area contributed by atoms with E-state index >= 15 is 0 Å². The fourth-order valence-electron chi connectivity index (χ4n) is 1.55. The smallest absolute Gasteiger partial charge is 0.357 e. The van der Waals surface area contributed by atoms with Crippen LogP contribution in [0.15, 0.2) is 30.7 Å². The van der Waals surface area contributed by atoms with E-state index < -0.39 is 17.5 Å². The summed E-state index contributed by atoms with van der Waals surface area (Å²) in [6, 6.07) is 3.17. The van der Waals surface area contributed by atoms with Crippen LogP contribution in [0.4, 0.5) is 4.39 Å². The van der Waals surface area contributed by atoms with Crippen molar-refractivity contribution in [1.29, 1.82) is 0 Å². The maximum absolute atomic E-state index is 13.9. The van der Waals surface area contributed by atoms with Gasteiger partial charge < -0.3 is 5.11 Å². The van der Waals surface area contributed by atoms with Crippen LogP contribution in [-0.4, -0.2) is 21.0 Å². The Bertz CT molecular complexity index is 584. The van der Waals surface area contributed by atoms with Crippen molar-refractivity contribution in [2.24, 2.45) is 0 Å². The minimum absolute atomic E-state index is 0.197. The first-order valence-electron chi connectivity index (χ1n) is 4.90. The lowest BCUT2D eigenvalue weighted by atomic mass is 10.0. The van der Waals surface area contributed by atoms with Gasteiger partial charge in [-0.25, -0.2) is 14.2 Å². The molecule has 0 saturated heterocycles. The molecule has 2 heterocycles. The van der Waals surface area contributed by atoms with Gasteiger partial charge >= 0.3 is 5.97 Å². The van der Waals surface area contributed by atoms with Crippen LogP contribution >= 0.6 is 0 Å². The number of halogens is 1. The average molecular weight is 232 g/mol. The van der Waals surface area contributed by atoms with Crippen LogP contribution in [0, 0.1) is 12.7 Å². The summed E-state index contributed by atoms with van der Waals surface area (Å²) < 4.78 is 13.9. The Labute approximate surface area is 96.8 Å². The zero-order valence-electron chi connectivity index (χ0n) is 9.01. The van der Waals surface area contributed by atoms with Gasteiger partial charge in [0.15, 0.2) is 11.5 Å². The number of pyridine rings is 2. The van der Waals surface area contributed by atoms with Gasteiger partial charge in [-0.15, -0.1) is 0 Å². The monoisotopic (exact) mass is 232 g/mol. The molecule has 1 N–H and O–H groups in total. The van der Waals surface area contributed by atoms with Crippen molar-refractivity contribution in [3.05, 3.63) is 47.8 Å². The topological polar surface area (TPSA) is 63.1 Å². The number of carboxylic acid groups (broad SMARTS) is 1. The number of carboxylic acids is 1. The van der Waals surface area contributed by atoms with Crippen LogP contribution in [0.1, 0.15) is 16.1 Å². The Morgan fingerprint density at radius 1 is 1.29 bits per heavy atom. The summed E-state index contributed by atoms with van der Waals surface area (Å²) >= 11 is 0. The predicted octanol–water partition coefficient (Wildman–Crippen LogP) is 2.29. The summed E-state index contributed by atoms with van der Waals surface area (Å²) in [5.74, 6) is -2.22. The third kappa shape index (κ3) is 1.99. The van der Waals surface area contributed by atoms with Gasteiger partial charge in [-0.05, 0) is 24.6 Å². The molecule has 4 nitrogen and oxygen atoms in total. The zero-order valence-corrected chi connectivity index (χ0v) is 9.01. The summed E-state index contributed by atoms with van der Waals surface area (Å²) in [5.41, 5.74) is 1.00. The molecular weight excluding hydrogens is 223 g/mol. The molecule has 0 saturated carbocycles. The Kier molecular flexibility index (Phi) is 2.82. The van der Waals surface area contributed by atoms with Crippen LogP contribution < -0.4 is 0 Å². The number of aryl methyl sites for hydroxylation is 1. The predicted molar refractivity (Wildman–Crippen MR) is 59.1 cm³/mol. The Morgan fingerprint density at radius 3 is 2.71 bits per heavy atom. The van der Waals surface area contributed by atoms with Crippen molar-refractivity contribution in [2.45, 2.75) is 6.92 Å². The lowest BCUT2D eigenvalue weighted by molar-refractivity contribution is 0.0685. The number of rotatable bonds is 2. The van der Waals surface area contributed by atoms with E-state index in [-0.39, 0.29) is 5.56 Å². The Hall–Kier alpha value is -2.30. The minimum atomic E-state index is -1.38. The molecule has 0 spiro atoms. The maximum atomic E-state index is 13.9. The minimum Gasteiger partial charge on any atom is -0.476 e. The normalized spacial score (nSPS) is 10.2. The number of nitrogens with zero attached hydrogens (tertiary/aromatic N) is 2. The Balaban J connectivity index is 2.65. The summed E-state index contributed by atoms with van der Waals surface area (Å²) in [4.78, 5) is 18.2. The highest BCUT2D eigenvalue weighted by molar-refractivity contribution is 5.87. The van der Waals surface area contributed by atoms with E-state index in [1.54, 1.807) is 19.2 Å². The molecule has 0 aliphatic rings. The average Bonchev–Trinajstić information content (AvgIpc) is 2.30. The summed E-state index contributed by atoms with van der Waals surface area (Å²) in [6.07, 6.45) is 4.36. The van der Waals surface area contributed by atoms with E-state index in [9.17, 15) is 9.18 Å². The molecule has 0 bridgehead atoms. The second-order valence-electron chi connectivity index (χ2n) is 3.52. The van der Waals surface area contributed by atoms with E-state index in [4.69, 9.17) is 5.11 Å². The fraction of sp³-hybridized carbons (Fsp3) is 0.0833. The number of carbonyl (C=O) groups is 1. The molecule has 5 heteroatoms. The number of hydrogen-bond donors (Lipinski definition) is 1. The van der Waals surface area contributed by atoms with Gasteiger partial charge in [0, 0.05) is 29.7 Å². The first-order chi connectivity index (χ1) is 8.11. The maximum Gasteiger partial charge on any atom is 0.357 e. The highest BCUT2D eigenvalue weighted by Gasteiger charge is 2.17. The highest BCUT2D eigenvalue weighted by Crippen LogP contribution is 2.25. The van der Waals surface area contributed by atoms with Crippen LogP contribution in [0.25, 0.3) is 11.1 Å². The quantitative estimate of drug-likeness (QED) is 0.862. The first kappa shape index (κ1) is 11.2. The third-order valence-electron chi connectivity index (χ3n) is 2.42. The second kappa shape index (κ2) is 4.29. The van der Waals surface area contributed by atoms with Crippen molar-refractivity contribution in [1.82, 2.24) is 9.97 Å². The molecule has 0 aliphatic carbocycles. The van der Waals surface area contributed by atoms with Gasteiger partial charge in [0.05, 0.1) is 0 Å². The lowest BCUT2D eigenvalue weighted by Crippen LogP contribution is -2.05. The van der Waals surface area contributed by atoms with Crippen molar-refractivity contribution in [3.63, 3.8) is 0 Å². The van der Waals surface area contributed by atoms with E-state index in [0.29, 0.717) is 5.56 Å². The SMILES string of the molecule is Cc1ccncc1-c1ccnc(C(=O)O)c1F. The molecule has 0 aromatic carbocycles. The molecule has 2 aromatic rings. The molecular formula is C12H9FN2O2. The zero-order chi connectivity index (χ0) is 12.4. The van der Waals surface area contributed by atoms with Crippen LogP contribution in [0.2, 0.25) is 0 Å². The third-order valence-corrected chi connectivity index (χ3v) is 2.42. The van der Waals surface area contributed by atoms with E-state index in [2.05, 4.69) is 9.97 Å². The van der Waals surface area contributed by atoms with E-state index in [0.717, 1.165) is 5.56 Å². The molecule has 0 radical (unpaired) electrons. The fourth-order valence-corrected chi connectivity index (χ4v) is 1.55.